The first kappa shape index (κ1) is 18.7. The van der Waals surface area contributed by atoms with E-state index in [0.29, 0.717) is 12.0 Å². The summed E-state index contributed by atoms with van der Waals surface area (Å²) in [6.45, 7) is 1.91. The molecule has 0 saturated heterocycles. The van der Waals surface area contributed by atoms with Crippen LogP contribution in [-0.2, 0) is 16.0 Å². The highest BCUT2D eigenvalue weighted by Crippen LogP contribution is 2.37. The van der Waals surface area contributed by atoms with Crippen molar-refractivity contribution in [3.05, 3.63) is 34.9 Å². The zero-order chi connectivity index (χ0) is 17.9. The average molecular weight is 350 g/mol. The van der Waals surface area contributed by atoms with Crippen LogP contribution in [-0.4, -0.2) is 18.2 Å². The number of carbonyl (C=O) groups excluding carboxylic acids is 1. The molecule has 0 unspecified atom stereocenters. The van der Waals surface area contributed by atoms with Crippen molar-refractivity contribution < 1.29 is 31.5 Å². The van der Waals surface area contributed by atoms with Gasteiger partial charge in [-0.15, -0.1) is 0 Å². The molecular formula is C17H19F5O2. The lowest BCUT2D eigenvalue weighted by Gasteiger charge is -2.29. The second-order valence-corrected chi connectivity index (χ2v) is 6.10. The normalized spacial score (nSPS) is 21.6. The smallest absolute Gasteiger partial charge is 0.456 e. The Kier molecular flexibility index (Phi) is 5.83. The summed E-state index contributed by atoms with van der Waals surface area (Å²) in [5.41, 5.74) is 0.569. The summed E-state index contributed by atoms with van der Waals surface area (Å²) in [5.74, 6) is -3.86. The number of rotatable bonds is 4. The van der Waals surface area contributed by atoms with Gasteiger partial charge in [0.2, 0.25) is 0 Å². The topological polar surface area (TPSA) is 26.3 Å². The number of aryl methyl sites for hydroxylation is 1. The number of carbonyl (C=O) groups is 1. The number of alkyl halides is 3. The van der Waals surface area contributed by atoms with Gasteiger partial charge in [-0.2, -0.15) is 13.2 Å². The number of hydrogen-bond acceptors (Lipinski definition) is 2. The third-order valence-corrected chi connectivity index (χ3v) is 4.27. The molecule has 2 nitrogen and oxygen atoms in total. The van der Waals surface area contributed by atoms with E-state index in [1.54, 1.807) is 0 Å². The van der Waals surface area contributed by atoms with E-state index < -0.39 is 35.8 Å². The molecule has 1 saturated carbocycles. The molecule has 7 heteroatoms. The minimum atomic E-state index is -5.02. The van der Waals surface area contributed by atoms with Crippen molar-refractivity contribution in [2.24, 2.45) is 0 Å². The van der Waals surface area contributed by atoms with Gasteiger partial charge in [-0.25, -0.2) is 13.6 Å². The number of benzene rings is 1. The third-order valence-electron chi connectivity index (χ3n) is 4.27. The van der Waals surface area contributed by atoms with Crippen molar-refractivity contribution in [3.63, 3.8) is 0 Å². The van der Waals surface area contributed by atoms with Crippen molar-refractivity contribution in [1.82, 2.24) is 0 Å². The maximum Gasteiger partial charge on any atom is 0.490 e. The molecule has 2 rings (SSSR count). The van der Waals surface area contributed by atoms with Crippen LogP contribution in [0.2, 0.25) is 0 Å². The van der Waals surface area contributed by atoms with Crippen LogP contribution in [0.5, 0.6) is 0 Å². The van der Waals surface area contributed by atoms with E-state index in [1.165, 1.54) is 12.1 Å². The fraction of sp³-hybridized carbons (Fsp3) is 0.588. The van der Waals surface area contributed by atoms with Gasteiger partial charge in [-0.3, -0.25) is 0 Å². The zero-order valence-corrected chi connectivity index (χ0v) is 13.3. The fourth-order valence-electron chi connectivity index (χ4n) is 3.15. The highest BCUT2D eigenvalue weighted by Gasteiger charge is 2.42. The van der Waals surface area contributed by atoms with Crippen LogP contribution in [0.25, 0.3) is 0 Å². The van der Waals surface area contributed by atoms with Gasteiger partial charge in [0.1, 0.15) is 17.7 Å². The van der Waals surface area contributed by atoms with Crippen molar-refractivity contribution in [2.45, 2.75) is 63.6 Å². The summed E-state index contributed by atoms with van der Waals surface area (Å²) in [5, 5.41) is 0. The number of hydrogen-bond donors (Lipinski definition) is 0. The molecule has 0 N–H and O–H groups in total. The molecule has 0 bridgehead atoms. The molecule has 0 aliphatic heterocycles. The van der Waals surface area contributed by atoms with E-state index in [-0.39, 0.29) is 31.2 Å². The summed E-state index contributed by atoms with van der Waals surface area (Å²) in [7, 11) is 0. The Morgan fingerprint density at radius 2 is 1.67 bits per heavy atom. The van der Waals surface area contributed by atoms with Crippen molar-refractivity contribution >= 4 is 5.97 Å². The lowest BCUT2D eigenvalue weighted by Crippen LogP contribution is -2.32. The van der Waals surface area contributed by atoms with E-state index in [9.17, 15) is 26.7 Å². The molecule has 24 heavy (non-hydrogen) atoms. The minimum Gasteiger partial charge on any atom is -0.456 e. The van der Waals surface area contributed by atoms with Crippen molar-refractivity contribution in [1.29, 1.82) is 0 Å². The van der Waals surface area contributed by atoms with E-state index in [1.807, 2.05) is 6.92 Å². The summed E-state index contributed by atoms with van der Waals surface area (Å²) in [6, 6.07) is 2.63. The first-order chi connectivity index (χ1) is 11.2. The van der Waals surface area contributed by atoms with Gasteiger partial charge in [0.15, 0.2) is 0 Å². The van der Waals surface area contributed by atoms with Crippen molar-refractivity contribution in [3.8, 4) is 0 Å². The molecule has 1 aliphatic carbocycles. The van der Waals surface area contributed by atoms with Gasteiger partial charge in [0.05, 0.1) is 0 Å². The second kappa shape index (κ2) is 7.49. The SMILES string of the molecule is CCCc1cc(F)c(C2CCC(OC(=O)C(F)(F)F)CC2)c(F)c1. The molecule has 1 fully saturated rings. The Bertz CT molecular complexity index is 566. The van der Waals surface area contributed by atoms with Gasteiger partial charge in [0.25, 0.3) is 0 Å². The molecule has 1 aliphatic rings. The monoisotopic (exact) mass is 350 g/mol. The summed E-state index contributed by atoms with van der Waals surface area (Å²) >= 11 is 0. The largest absolute Gasteiger partial charge is 0.490 e. The molecular weight excluding hydrogens is 331 g/mol. The predicted molar refractivity (Wildman–Crippen MR) is 77.5 cm³/mol. The number of esters is 1. The van der Waals surface area contributed by atoms with Gasteiger partial charge in [-0.1, -0.05) is 13.3 Å². The molecule has 0 heterocycles. The van der Waals surface area contributed by atoms with E-state index in [2.05, 4.69) is 4.74 Å². The predicted octanol–water partition coefficient (Wildman–Crippen LogP) is 5.05. The van der Waals surface area contributed by atoms with Gasteiger partial charge in [-0.05, 0) is 55.7 Å². The maximum atomic E-state index is 14.2. The fourth-order valence-corrected chi connectivity index (χ4v) is 3.15. The Morgan fingerprint density at radius 3 is 2.12 bits per heavy atom. The average Bonchev–Trinajstić information content (AvgIpc) is 2.47. The van der Waals surface area contributed by atoms with Crippen LogP contribution in [0.1, 0.15) is 56.1 Å². The van der Waals surface area contributed by atoms with Crippen LogP contribution in [0, 0.1) is 11.6 Å². The highest BCUT2D eigenvalue weighted by atomic mass is 19.4. The van der Waals surface area contributed by atoms with Gasteiger partial charge >= 0.3 is 12.1 Å². The Morgan fingerprint density at radius 1 is 1.12 bits per heavy atom. The van der Waals surface area contributed by atoms with Crippen LogP contribution in [0.4, 0.5) is 22.0 Å². The zero-order valence-electron chi connectivity index (χ0n) is 13.3. The van der Waals surface area contributed by atoms with Crippen LogP contribution >= 0.6 is 0 Å². The number of ether oxygens (including phenoxy) is 1. The Hall–Kier alpha value is -1.66. The first-order valence-electron chi connectivity index (χ1n) is 7.98. The molecule has 0 amide bonds. The van der Waals surface area contributed by atoms with E-state index >= 15 is 0 Å². The first-order valence-corrected chi connectivity index (χ1v) is 7.98. The van der Waals surface area contributed by atoms with E-state index in [4.69, 9.17) is 0 Å². The lowest BCUT2D eigenvalue weighted by atomic mass is 9.82. The van der Waals surface area contributed by atoms with Crippen LogP contribution in [0.15, 0.2) is 12.1 Å². The second-order valence-electron chi connectivity index (χ2n) is 6.10. The highest BCUT2D eigenvalue weighted by molar-refractivity contribution is 5.75. The Labute approximate surface area is 137 Å². The van der Waals surface area contributed by atoms with Crippen molar-refractivity contribution in [2.75, 3.05) is 0 Å². The summed E-state index contributed by atoms with van der Waals surface area (Å²) < 4.78 is 69.4. The van der Waals surface area contributed by atoms with Gasteiger partial charge < -0.3 is 4.74 Å². The van der Waals surface area contributed by atoms with Crippen LogP contribution < -0.4 is 0 Å². The standard InChI is InChI=1S/C17H19F5O2/c1-2-3-10-8-13(18)15(14(19)9-10)11-4-6-12(7-5-11)24-16(23)17(20,21)22/h8-9,11-12H,2-7H2,1H3. The summed E-state index contributed by atoms with van der Waals surface area (Å²) in [6.07, 6.45) is -3.68. The molecule has 0 aromatic heterocycles. The maximum absolute atomic E-state index is 14.2. The summed E-state index contributed by atoms with van der Waals surface area (Å²) in [4.78, 5) is 10.8. The molecule has 134 valence electrons. The lowest BCUT2D eigenvalue weighted by molar-refractivity contribution is -0.206. The quantitative estimate of drug-likeness (QED) is 0.561. The molecule has 0 atom stereocenters. The number of halogens is 5. The Balaban J connectivity index is 2.01. The molecule has 0 spiro atoms. The minimum absolute atomic E-state index is 0.0181. The van der Waals surface area contributed by atoms with E-state index in [0.717, 1.165) is 6.42 Å². The molecule has 1 aromatic carbocycles. The van der Waals surface area contributed by atoms with Crippen LogP contribution in [0.3, 0.4) is 0 Å². The molecule has 0 radical (unpaired) electrons. The third kappa shape index (κ3) is 4.45. The molecule has 1 aromatic rings. The van der Waals surface area contributed by atoms with Gasteiger partial charge in [0, 0.05) is 5.56 Å².